The first kappa shape index (κ1) is 19.7. The summed E-state index contributed by atoms with van der Waals surface area (Å²) >= 11 is -0.260. The Bertz CT molecular complexity index is 1220. The molecule has 0 atom stereocenters. The molecule has 0 saturated heterocycles. The Morgan fingerprint density at radius 2 is 1.93 bits per heavy atom. The predicted molar refractivity (Wildman–Crippen MR) is 100 cm³/mol. The van der Waals surface area contributed by atoms with E-state index in [0.29, 0.717) is 17.0 Å². The van der Waals surface area contributed by atoms with Gasteiger partial charge in [0.05, 0.1) is 18.4 Å². The fourth-order valence-corrected chi connectivity index (χ4v) is 3.39. The van der Waals surface area contributed by atoms with E-state index in [1.807, 2.05) is 0 Å². The van der Waals surface area contributed by atoms with Crippen molar-refractivity contribution in [2.75, 3.05) is 0 Å². The van der Waals surface area contributed by atoms with Crippen LogP contribution in [0.1, 0.15) is 5.56 Å². The maximum Gasteiger partial charge on any atom is 0.446 e. The molecule has 0 radical (unpaired) electrons. The lowest BCUT2D eigenvalue weighted by molar-refractivity contribution is -0.0328. The van der Waals surface area contributed by atoms with Crippen LogP contribution in [0.25, 0.3) is 17.1 Å². The average Bonchev–Trinajstić information content (AvgIpc) is 3.31. The predicted octanol–water partition coefficient (Wildman–Crippen LogP) is 2.58. The zero-order valence-electron chi connectivity index (χ0n) is 14.9. The van der Waals surface area contributed by atoms with Crippen LogP contribution in [0.2, 0.25) is 0 Å². The van der Waals surface area contributed by atoms with Gasteiger partial charge < -0.3 is 5.11 Å². The van der Waals surface area contributed by atoms with Crippen molar-refractivity contribution in [3.8, 4) is 23.0 Å². The summed E-state index contributed by atoms with van der Waals surface area (Å²) in [4.78, 5) is 16.8. The smallest absolute Gasteiger partial charge is 0.446 e. The number of benzene rings is 1. The van der Waals surface area contributed by atoms with Crippen molar-refractivity contribution >= 4 is 11.8 Å². The molecule has 3 aromatic heterocycles. The number of hydrogen-bond donors (Lipinski definition) is 2. The fraction of sp³-hybridized carbons (Fsp3) is 0.118. The Balaban J connectivity index is 1.65. The Hall–Kier alpha value is -3.61. The van der Waals surface area contributed by atoms with Crippen LogP contribution in [0.5, 0.6) is 5.88 Å². The van der Waals surface area contributed by atoms with Gasteiger partial charge in [-0.2, -0.15) is 18.4 Å². The second-order valence-corrected chi connectivity index (χ2v) is 7.18. The molecule has 9 nitrogen and oxygen atoms in total. The van der Waals surface area contributed by atoms with Gasteiger partial charge in [-0.15, -0.1) is 10.2 Å². The molecule has 3 heterocycles. The van der Waals surface area contributed by atoms with Gasteiger partial charge in [0.1, 0.15) is 0 Å². The van der Waals surface area contributed by atoms with Gasteiger partial charge in [-0.05, 0) is 52.9 Å². The first-order chi connectivity index (χ1) is 14.3. The molecule has 2 N–H and O–H groups in total. The highest BCUT2D eigenvalue weighted by Gasteiger charge is 2.29. The van der Waals surface area contributed by atoms with E-state index in [-0.39, 0.29) is 34.8 Å². The molecule has 0 amide bonds. The maximum atomic E-state index is 12.8. The van der Waals surface area contributed by atoms with Crippen molar-refractivity contribution in [2.45, 2.75) is 16.9 Å². The van der Waals surface area contributed by atoms with Gasteiger partial charge in [-0.25, -0.2) is 9.36 Å². The van der Waals surface area contributed by atoms with Crippen LogP contribution in [-0.4, -0.2) is 45.4 Å². The van der Waals surface area contributed by atoms with Crippen molar-refractivity contribution in [1.82, 2.24) is 34.7 Å². The van der Waals surface area contributed by atoms with E-state index in [4.69, 9.17) is 0 Å². The van der Waals surface area contributed by atoms with Crippen LogP contribution < -0.4 is 5.69 Å². The first-order valence-electron chi connectivity index (χ1n) is 8.36. The van der Waals surface area contributed by atoms with E-state index in [1.54, 1.807) is 6.07 Å². The molecular formula is C17H12F3N7O2S. The second-order valence-electron chi connectivity index (χ2n) is 6.04. The normalized spacial score (nSPS) is 11.7. The van der Waals surface area contributed by atoms with Gasteiger partial charge in [0.25, 0.3) is 0 Å². The van der Waals surface area contributed by atoms with E-state index in [0.717, 1.165) is 4.57 Å². The van der Waals surface area contributed by atoms with Gasteiger partial charge in [0, 0.05) is 22.9 Å². The number of alkyl halides is 3. The summed E-state index contributed by atoms with van der Waals surface area (Å²) in [6.07, 6.45) is 4.30. The van der Waals surface area contributed by atoms with Crippen LogP contribution in [0.4, 0.5) is 13.2 Å². The van der Waals surface area contributed by atoms with Crippen molar-refractivity contribution < 1.29 is 18.3 Å². The summed E-state index contributed by atoms with van der Waals surface area (Å²) in [7, 11) is 0. The second kappa shape index (κ2) is 7.67. The van der Waals surface area contributed by atoms with Crippen LogP contribution in [0, 0.1) is 0 Å². The number of hydrogen-bond acceptors (Lipinski definition) is 7. The molecule has 4 rings (SSSR count). The minimum atomic E-state index is -4.41. The minimum Gasteiger partial charge on any atom is -0.493 e. The standard InChI is InChI=1S/C17H12F3N7O2S/c18-17(19,20)30-12-3-1-11(2-4-12)27-14(28)9-26(16(27)29)8-10-5-6-21-7-13(10)15-22-24-25-23-15/h1-7,9,28H,8H2,(H,22,23,24,25). The molecule has 30 heavy (non-hydrogen) atoms. The zero-order valence-corrected chi connectivity index (χ0v) is 15.7. The quantitative estimate of drug-likeness (QED) is 0.463. The van der Waals surface area contributed by atoms with Gasteiger partial charge in [0.15, 0.2) is 0 Å². The molecule has 0 spiro atoms. The van der Waals surface area contributed by atoms with Crippen molar-refractivity contribution in [1.29, 1.82) is 0 Å². The van der Waals surface area contributed by atoms with Crippen LogP contribution in [-0.2, 0) is 6.54 Å². The fourth-order valence-electron chi connectivity index (χ4n) is 2.85. The molecule has 154 valence electrons. The molecule has 4 aromatic rings. The minimum absolute atomic E-state index is 0.0280. The monoisotopic (exact) mass is 435 g/mol. The molecular weight excluding hydrogens is 423 g/mol. The summed E-state index contributed by atoms with van der Waals surface area (Å²) in [5.74, 6) is -0.0565. The number of imidazole rings is 1. The zero-order chi connectivity index (χ0) is 21.3. The number of nitrogens with zero attached hydrogens (tertiary/aromatic N) is 6. The highest BCUT2D eigenvalue weighted by atomic mass is 32.2. The third-order valence-corrected chi connectivity index (χ3v) is 4.84. The SMILES string of the molecule is O=c1n(Cc2ccncc2-c2nn[nH]n2)cc(O)n1-c1ccc(SC(F)(F)F)cc1. The molecule has 0 fully saturated rings. The molecule has 13 heteroatoms. The summed E-state index contributed by atoms with van der Waals surface area (Å²) in [6.45, 7) is 0.0772. The summed E-state index contributed by atoms with van der Waals surface area (Å²) in [5.41, 5.74) is -3.54. The molecule has 0 aliphatic heterocycles. The highest BCUT2D eigenvalue weighted by molar-refractivity contribution is 8.00. The lowest BCUT2D eigenvalue weighted by Gasteiger charge is -2.08. The maximum absolute atomic E-state index is 12.8. The number of thioether (sulfide) groups is 1. The summed E-state index contributed by atoms with van der Waals surface area (Å²) in [6, 6.07) is 6.80. The van der Waals surface area contributed by atoms with Gasteiger partial charge in [0.2, 0.25) is 11.7 Å². The highest BCUT2D eigenvalue weighted by Crippen LogP contribution is 2.37. The van der Waals surface area contributed by atoms with E-state index in [1.165, 1.54) is 47.4 Å². The van der Waals surface area contributed by atoms with Crippen molar-refractivity contribution in [3.63, 3.8) is 0 Å². The third kappa shape index (κ3) is 4.05. The lowest BCUT2D eigenvalue weighted by atomic mass is 10.1. The average molecular weight is 435 g/mol. The van der Waals surface area contributed by atoms with E-state index in [9.17, 15) is 23.1 Å². The topological polar surface area (TPSA) is 115 Å². The molecule has 0 aliphatic carbocycles. The number of aromatic nitrogens is 7. The van der Waals surface area contributed by atoms with Gasteiger partial charge in [-0.1, -0.05) is 0 Å². The first-order valence-corrected chi connectivity index (χ1v) is 9.17. The van der Waals surface area contributed by atoms with E-state index < -0.39 is 11.2 Å². The number of aromatic amines is 1. The van der Waals surface area contributed by atoms with Crippen LogP contribution >= 0.6 is 11.8 Å². The molecule has 0 aliphatic rings. The number of tetrazole rings is 1. The Morgan fingerprint density at radius 1 is 1.17 bits per heavy atom. The summed E-state index contributed by atoms with van der Waals surface area (Å²) < 4.78 is 39.7. The number of H-pyrrole nitrogens is 1. The van der Waals surface area contributed by atoms with Gasteiger partial charge >= 0.3 is 11.2 Å². The molecule has 0 saturated carbocycles. The van der Waals surface area contributed by atoms with Crippen molar-refractivity contribution in [3.05, 3.63) is 65.0 Å². The van der Waals surface area contributed by atoms with Crippen LogP contribution in [0.3, 0.4) is 0 Å². The van der Waals surface area contributed by atoms with Crippen molar-refractivity contribution in [2.24, 2.45) is 0 Å². The Labute approximate surface area is 170 Å². The van der Waals surface area contributed by atoms with E-state index >= 15 is 0 Å². The van der Waals surface area contributed by atoms with Crippen LogP contribution in [0.15, 0.2) is 58.6 Å². The number of aromatic hydroxyl groups is 1. The number of halogens is 3. The lowest BCUT2D eigenvalue weighted by Crippen LogP contribution is -2.23. The molecule has 1 aromatic carbocycles. The summed E-state index contributed by atoms with van der Waals surface area (Å²) in [5, 5.41) is 23.9. The number of pyridine rings is 1. The molecule has 0 unspecified atom stereocenters. The molecule has 0 bridgehead atoms. The number of rotatable bonds is 5. The largest absolute Gasteiger partial charge is 0.493 e. The van der Waals surface area contributed by atoms with E-state index in [2.05, 4.69) is 25.6 Å². The Morgan fingerprint density at radius 3 is 2.60 bits per heavy atom. The Kier molecular flexibility index (Phi) is 5.03. The third-order valence-electron chi connectivity index (χ3n) is 4.10. The van der Waals surface area contributed by atoms with Gasteiger partial charge in [-0.3, -0.25) is 9.55 Å². The number of nitrogens with one attached hydrogen (secondary N) is 1.